The third-order valence-corrected chi connectivity index (χ3v) is 4.76. The molecule has 0 radical (unpaired) electrons. The Morgan fingerprint density at radius 2 is 1.85 bits per heavy atom. The summed E-state index contributed by atoms with van der Waals surface area (Å²) in [4.78, 5) is 26.3. The number of carbonyl (C=O) groups excluding carboxylic acids is 1. The Kier molecular flexibility index (Phi) is 4.68. The number of nitrogens with zero attached hydrogens (tertiary/aromatic N) is 2. The van der Waals surface area contributed by atoms with Crippen LogP contribution in [0.15, 0.2) is 47.3 Å². The highest BCUT2D eigenvalue weighted by molar-refractivity contribution is 5.94. The molecule has 2 heterocycles. The van der Waals surface area contributed by atoms with Crippen molar-refractivity contribution >= 4 is 16.7 Å². The number of piperazine rings is 1. The molecule has 0 aliphatic carbocycles. The average molecular weight is 366 g/mol. The summed E-state index contributed by atoms with van der Waals surface area (Å²) in [5, 5.41) is 11.1. The van der Waals surface area contributed by atoms with Crippen molar-refractivity contribution in [3.05, 3.63) is 75.5 Å². The molecule has 138 valence electrons. The number of halogens is 1. The largest absolute Gasteiger partial charge is 0.336 e. The van der Waals surface area contributed by atoms with Crippen molar-refractivity contribution < 1.29 is 9.18 Å². The molecule has 27 heavy (non-hydrogen) atoms. The standard InChI is InChI=1S/C20H19FN4O2/c21-15-10-13(9-14(12-15)20(27)25-7-5-22-6-8-25)11-18-16-3-1-2-4-17(16)19(26)24-23-18/h1-4,9-10,12,22H,5-8,11H2,(H,24,26). The number of fused-ring (bicyclic) bond motifs is 1. The van der Waals surface area contributed by atoms with Gasteiger partial charge in [-0.1, -0.05) is 18.2 Å². The van der Waals surface area contributed by atoms with E-state index in [0.29, 0.717) is 41.7 Å². The first-order valence-electron chi connectivity index (χ1n) is 8.87. The quantitative estimate of drug-likeness (QED) is 0.740. The lowest BCUT2D eigenvalue weighted by atomic mass is 10.0. The lowest BCUT2D eigenvalue weighted by molar-refractivity contribution is 0.0735. The van der Waals surface area contributed by atoms with E-state index >= 15 is 0 Å². The van der Waals surface area contributed by atoms with Crippen LogP contribution >= 0.6 is 0 Å². The Bertz CT molecular complexity index is 1060. The first-order valence-corrected chi connectivity index (χ1v) is 8.87. The molecule has 3 aromatic rings. The molecule has 4 rings (SSSR count). The molecule has 1 aliphatic heterocycles. The van der Waals surface area contributed by atoms with Crippen molar-refractivity contribution in [2.75, 3.05) is 26.2 Å². The fourth-order valence-corrected chi connectivity index (χ4v) is 3.43. The van der Waals surface area contributed by atoms with Gasteiger partial charge in [0.2, 0.25) is 0 Å². The van der Waals surface area contributed by atoms with Crippen LogP contribution in [0, 0.1) is 5.82 Å². The van der Waals surface area contributed by atoms with Crippen LogP contribution in [0.2, 0.25) is 0 Å². The molecule has 1 amide bonds. The molecule has 0 spiro atoms. The van der Waals surface area contributed by atoms with E-state index in [2.05, 4.69) is 15.5 Å². The normalized spacial score (nSPS) is 14.5. The second-order valence-electron chi connectivity index (χ2n) is 6.61. The zero-order valence-electron chi connectivity index (χ0n) is 14.7. The lowest BCUT2D eigenvalue weighted by Gasteiger charge is -2.27. The van der Waals surface area contributed by atoms with Crippen LogP contribution in [-0.2, 0) is 6.42 Å². The highest BCUT2D eigenvalue weighted by atomic mass is 19.1. The van der Waals surface area contributed by atoms with Crippen LogP contribution in [-0.4, -0.2) is 47.2 Å². The summed E-state index contributed by atoms with van der Waals surface area (Å²) in [6.07, 6.45) is 0.316. The van der Waals surface area contributed by atoms with E-state index in [1.54, 1.807) is 23.1 Å². The Balaban J connectivity index is 1.67. The van der Waals surface area contributed by atoms with Gasteiger partial charge in [-0.25, -0.2) is 9.49 Å². The molecule has 0 unspecified atom stereocenters. The minimum absolute atomic E-state index is 0.170. The molecular formula is C20H19FN4O2. The second kappa shape index (κ2) is 7.28. The topological polar surface area (TPSA) is 78.1 Å². The SMILES string of the molecule is O=C(c1cc(F)cc(Cc2n[nH]c(=O)c3ccccc23)c1)N1CCNCC1. The lowest BCUT2D eigenvalue weighted by Crippen LogP contribution is -2.46. The first-order chi connectivity index (χ1) is 13.1. The predicted molar refractivity (Wildman–Crippen MR) is 100 cm³/mol. The third-order valence-electron chi connectivity index (χ3n) is 4.76. The van der Waals surface area contributed by atoms with Gasteiger partial charge in [0.05, 0.1) is 11.1 Å². The van der Waals surface area contributed by atoms with Crippen molar-refractivity contribution in [1.82, 2.24) is 20.4 Å². The van der Waals surface area contributed by atoms with Gasteiger partial charge in [-0.3, -0.25) is 9.59 Å². The van der Waals surface area contributed by atoms with Gasteiger partial charge in [0, 0.05) is 43.5 Å². The van der Waals surface area contributed by atoms with Gasteiger partial charge in [-0.2, -0.15) is 5.10 Å². The molecule has 1 aromatic heterocycles. The molecule has 2 aromatic carbocycles. The number of amides is 1. The van der Waals surface area contributed by atoms with Gasteiger partial charge in [0.15, 0.2) is 0 Å². The van der Waals surface area contributed by atoms with E-state index < -0.39 is 5.82 Å². The van der Waals surface area contributed by atoms with Crippen molar-refractivity contribution in [3.63, 3.8) is 0 Å². The maximum absolute atomic E-state index is 14.2. The van der Waals surface area contributed by atoms with Crippen LogP contribution in [0.1, 0.15) is 21.6 Å². The Morgan fingerprint density at radius 3 is 2.63 bits per heavy atom. The zero-order valence-corrected chi connectivity index (χ0v) is 14.7. The molecule has 0 atom stereocenters. The summed E-state index contributed by atoms with van der Waals surface area (Å²) < 4.78 is 14.2. The van der Waals surface area contributed by atoms with E-state index in [4.69, 9.17) is 0 Å². The number of hydrogen-bond acceptors (Lipinski definition) is 4. The van der Waals surface area contributed by atoms with Gasteiger partial charge < -0.3 is 10.2 Å². The fourth-order valence-electron chi connectivity index (χ4n) is 3.43. The summed E-state index contributed by atoms with van der Waals surface area (Å²) in [6, 6.07) is 11.5. The van der Waals surface area contributed by atoms with Crippen LogP contribution < -0.4 is 10.9 Å². The molecule has 7 heteroatoms. The highest BCUT2D eigenvalue weighted by Crippen LogP contribution is 2.19. The minimum atomic E-state index is -0.459. The smallest absolute Gasteiger partial charge is 0.272 e. The first kappa shape index (κ1) is 17.4. The molecule has 0 saturated carbocycles. The second-order valence-corrected chi connectivity index (χ2v) is 6.61. The van der Waals surface area contributed by atoms with Crippen molar-refractivity contribution in [1.29, 1.82) is 0 Å². The van der Waals surface area contributed by atoms with E-state index in [9.17, 15) is 14.0 Å². The molecule has 1 aliphatic rings. The molecule has 1 saturated heterocycles. The summed E-state index contributed by atoms with van der Waals surface area (Å²) in [7, 11) is 0. The summed E-state index contributed by atoms with van der Waals surface area (Å²) in [5.74, 6) is -0.628. The summed E-state index contributed by atoms with van der Waals surface area (Å²) in [5.41, 5.74) is 1.35. The Morgan fingerprint density at radius 1 is 1.11 bits per heavy atom. The number of rotatable bonds is 3. The van der Waals surface area contributed by atoms with Crippen LogP contribution in [0.5, 0.6) is 0 Å². The fraction of sp³-hybridized carbons (Fsp3) is 0.250. The number of H-pyrrole nitrogens is 1. The number of aromatic amines is 1. The van der Waals surface area contributed by atoms with E-state index in [1.807, 2.05) is 12.1 Å². The van der Waals surface area contributed by atoms with Gasteiger partial charge in [-0.15, -0.1) is 0 Å². The molecular weight excluding hydrogens is 347 g/mol. The molecule has 6 nitrogen and oxygen atoms in total. The van der Waals surface area contributed by atoms with Gasteiger partial charge in [-0.05, 0) is 29.8 Å². The molecule has 1 fully saturated rings. The van der Waals surface area contributed by atoms with Gasteiger partial charge in [0.1, 0.15) is 5.82 Å². The number of carbonyl (C=O) groups is 1. The van der Waals surface area contributed by atoms with Crippen LogP contribution in [0.25, 0.3) is 10.8 Å². The number of benzene rings is 2. The van der Waals surface area contributed by atoms with Gasteiger partial charge >= 0.3 is 0 Å². The number of nitrogens with one attached hydrogen (secondary N) is 2. The van der Waals surface area contributed by atoms with Crippen LogP contribution in [0.4, 0.5) is 4.39 Å². The van der Waals surface area contributed by atoms with Crippen LogP contribution in [0.3, 0.4) is 0 Å². The number of aromatic nitrogens is 2. The van der Waals surface area contributed by atoms with Crippen molar-refractivity contribution in [3.8, 4) is 0 Å². The van der Waals surface area contributed by atoms with E-state index in [-0.39, 0.29) is 11.5 Å². The molecule has 0 bridgehead atoms. The summed E-state index contributed by atoms with van der Waals surface area (Å²) >= 11 is 0. The Hall–Kier alpha value is -3.06. The van der Waals surface area contributed by atoms with Crippen molar-refractivity contribution in [2.45, 2.75) is 6.42 Å². The molecule has 2 N–H and O–H groups in total. The third kappa shape index (κ3) is 3.59. The highest BCUT2D eigenvalue weighted by Gasteiger charge is 2.19. The van der Waals surface area contributed by atoms with Gasteiger partial charge in [0.25, 0.3) is 11.5 Å². The zero-order chi connectivity index (χ0) is 18.8. The monoisotopic (exact) mass is 366 g/mol. The van der Waals surface area contributed by atoms with E-state index in [1.165, 1.54) is 12.1 Å². The average Bonchev–Trinajstić information content (AvgIpc) is 2.70. The maximum Gasteiger partial charge on any atom is 0.272 e. The van der Waals surface area contributed by atoms with Crippen molar-refractivity contribution in [2.24, 2.45) is 0 Å². The Labute approximate surface area is 155 Å². The maximum atomic E-state index is 14.2. The number of hydrogen-bond donors (Lipinski definition) is 2. The summed E-state index contributed by atoms with van der Waals surface area (Å²) in [6.45, 7) is 2.69. The van der Waals surface area contributed by atoms with E-state index in [0.717, 1.165) is 18.5 Å². The predicted octanol–water partition coefficient (Wildman–Crippen LogP) is 1.70. The minimum Gasteiger partial charge on any atom is -0.336 e.